The summed E-state index contributed by atoms with van der Waals surface area (Å²) in [7, 11) is 3.46. The molecule has 1 N–H and O–H groups in total. The molecule has 0 bridgehead atoms. The summed E-state index contributed by atoms with van der Waals surface area (Å²) in [5.41, 5.74) is 1.88. The molecule has 2 aromatic carbocycles. The van der Waals surface area contributed by atoms with Crippen molar-refractivity contribution in [3.63, 3.8) is 0 Å². The van der Waals surface area contributed by atoms with Gasteiger partial charge in [-0.25, -0.2) is 4.21 Å². The van der Waals surface area contributed by atoms with Gasteiger partial charge in [-0.1, -0.05) is 6.07 Å². The predicted molar refractivity (Wildman–Crippen MR) is 99.2 cm³/mol. The molecular weight excluding hydrogens is 354 g/mol. The highest BCUT2D eigenvalue weighted by Crippen LogP contribution is 2.34. The Hall–Kier alpha value is -2.80. The van der Waals surface area contributed by atoms with Gasteiger partial charge in [0.05, 0.1) is 49.1 Å². The van der Waals surface area contributed by atoms with Crippen LogP contribution in [0.4, 0.5) is 0 Å². The summed E-state index contributed by atoms with van der Waals surface area (Å²) in [5.74, 6) is 1.45. The zero-order chi connectivity index (χ0) is 18.7. The lowest BCUT2D eigenvalue weighted by Gasteiger charge is -2.16. The Bertz CT molecular complexity index is 882. The van der Waals surface area contributed by atoms with E-state index in [9.17, 15) is 9.00 Å². The summed E-state index contributed by atoms with van der Waals surface area (Å²) in [5, 5.41) is 4.45. The van der Waals surface area contributed by atoms with E-state index in [4.69, 9.17) is 14.2 Å². The fourth-order valence-electron chi connectivity index (χ4n) is 2.81. The molecule has 1 amide bonds. The van der Waals surface area contributed by atoms with E-state index in [0.29, 0.717) is 38.8 Å². The molecule has 7 heteroatoms. The van der Waals surface area contributed by atoms with Gasteiger partial charge < -0.3 is 19.5 Å². The first-order chi connectivity index (χ1) is 12.6. The van der Waals surface area contributed by atoms with Gasteiger partial charge in [0, 0.05) is 28.7 Å². The minimum atomic E-state index is -1.19. The van der Waals surface area contributed by atoms with Crippen LogP contribution in [0.5, 0.6) is 17.2 Å². The second-order valence-electron chi connectivity index (χ2n) is 5.51. The molecule has 6 nitrogen and oxygen atoms in total. The normalized spacial score (nSPS) is 14.7. The molecule has 0 spiro atoms. The number of carbonyl (C=O) groups excluding carboxylic acids is 1. The topological polar surface area (TPSA) is 73.9 Å². The molecule has 0 aromatic heterocycles. The fourth-order valence-corrected chi connectivity index (χ4v) is 3.82. The van der Waals surface area contributed by atoms with Gasteiger partial charge in [-0.3, -0.25) is 4.79 Å². The maximum atomic E-state index is 12.7. The minimum Gasteiger partial charge on any atom is -0.496 e. The lowest BCUT2D eigenvalue weighted by molar-refractivity contribution is 0.0950. The third-order valence-electron chi connectivity index (χ3n) is 4.13. The number of hydrogen-bond acceptors (Lipinski definition) is 5. The van der Waals surface area contributed by atoms with Crippen LogP contribution in [-0.4, -0.2) is 31.4 Å². The highest BCUT2D eigenvalue weighted by Gasteiger charge is 2.20. The Balaban J connectivity index is 1.85. The minimum absolute atomic E-state index is 0.214. The summed E-state index contributed by atoms with van der Waals surface area (Å²) in [6, 6.07) is 8.67. The smallest absolute Gasteiger partial charge is 0.252 e. The third-order valence-corrected chi connectivity index (χ3v) is 5.30. The highest BCUT2D eigenvalue weighted by molar-refractivity contribution is 7.88. The van der Waals surface area contributed by atoms with Crippen LogP contribution in [-0.2, 0) is 17.3 Å². The molecule has 1 atom stereocenters. The van der Waals surface area contributed by atoms with E-state index < -0.39 is 10.8 Å². The average Bonchev–Trinajstić information content (AvgIpc) is 3.06. The number of carbonyl (C=O) groups is 1. The molecule has 0 aliphatic carbocycles. The number of amides is 1. The van der Waals surface area contributed by atoms with Crippen LogP contribution < -0.4 is 19.5 Å². The van der Waals surface area contributed by atoms with Crippen LogP contribution in [0.1, 0.15) is 21.5 Å². The van der Waals surface area contributed by atoms with Crippen LogP contribution in [0.3, 0.4) is 0 Å². The van der Waals surface area contributed by atoms with Gasteiger partial charge in [0.2, 0.25) is 0 Å². The Morgan fingerprint density at radius 2 is 1.77 bits per heavy atom. The standard InChI is InChI=1S/C19H19NO5S/c1-23-12-9-16(24-2)15(17(10-12)25-3)11-20-19(21)14-5-4-6-18-13(14)7-8-26(18)22/h4-10H,11H2,1-3H3,(H,20,21). The second kappa shape index (κ2) is 7.61. The second-order valence-corrected chi connectivity index (χ2v) is 6.82. The average molecular weight is 373 g/mol. The van der Waals surface area contributed by atoms with E-state index >= 15 is 0 Å². The first-order valence-electron chi connectivity index (χ1n) is 7.88. The van der Waals surface area contributed by atoms with Crippen molar-refractivity contribution in [2.75, 3.05) is 21.3 Å². The molecule has 2 aromatic rings. The van der Waals surface area contributed by atoms with Crippen molar-refractivity contribution >= 4 is 22.8 Å². The van der Waals surface area contributed by atoms with Crippen LogP contribution in [0.2, 0.25) is 0 Å². The van der Waals surface area contributed by atoms with Gasteiger partial charge in [-0.15, -0.1) is 0 Å². The first kappa shape index (κ1) is 18.0. The summed E-state index contributed by atoms with van der Waals surface area (Å²) < 4.78 is 27.9. The van der Waals surface area contributed by atoms with Crippen LogP contribution >= 0.6 is 0 Å². The van der Waals surface area contributed by atoms with Gasteiger partial charge in [0.1, 0.15) is 17.2 Å². The summed E-state index contributed by atoms with van der Waals surface area (Å²) in [4.78, 5) is 13.3. The number of methoxy groups -OCH3 is 3. The van der Waals surface area contributed by atoms with Gasteiger partial charge in [0.15, 0.2) is 0 Å². The van der Waals surface area contributed by atoms with Crippen molar-refractivity contribution in [1.82, 2.24) is 5.32 Å². The van der Waals surface area contributed by atoms with E-state index in [1.165, 1.54) is 0 Å². The molecule has 1 aliphatic heterocycles. The van der Waals surface area contributed by atoms with Gasteiger partial charge in [0.25, 0.3) is 5.91 Å². The van der Waals surface area contributed by atoms with Gasteiger partial charge >= 0.3 is 0 Å². The highest BCUT2D eigenvalue weighted by atomic mass is 32.2. The van der Waals surface area contributed by atoms with Crippen molar-refractivity contribution in [2.24, 2.45) is 0 Å². The van der Waals surface area contributed by atoms with Crippen molar-refractivity contribution in [3.8, 4) is 17.2 Å². The molecule has 1 heterocycles. The van der Waals surface area contributed by atoms with Crippen molar-refractivity contribution < 1.29 is 23.2 Å². The SMILES string of the molecule is COc1cc(OC)c(CNC(=O)c2cccc3c2C=CS3=O)c(OC)c1. The Kier molecular flexibility index (Phi) is 5.27. The molecule has 0 radical (unpaired) electrons. The van der Waals surface area contributed by atoms with Gasteiger partial charge in [-0.05, 0) is 18.2 Å². The zero-order valence-electron chi connectivity index (χ0n) is 14.7. The molecule has 1 unspecified atom stereocenters. The Morgan fingerprint density at radius 1 is 1.08 bits per heavy atom. The summed E-state index contributed by atoms with van der Waals surface area (Å²) >= 11 is 0. The number of benzene rings is 2. The number of fused-ring (bicyclic) bond motifs is 1. The first-order valence-corrected chi connectivity index (χ1v) is 9.09. The largest absolute Gasteiger partial charge is 0.496 e. The predicted octanol–water partition coefficient (Wildman–Crippen LogP) is 2.73. The summed E-state index contributed by atoms with van der Waals surface area (Å²) in [6.45, 7) is 0.214. The van der Waals surface area contributed by atoms with E-state index in [1.54, 1.807) is 63.1 Å². The van der Waals surface area contributed by atoms with Crippen molar-refractivity contribution in [2.45, 2.75) is 11.4 Å². The van der Waals surface area contributed by atoms with E-state index in [2.05, 4.69) is 5.32 Å². The van der Waals surface area contributed by atoms with Crippen molar-refractivity contribution in [1.29, 1.82) is 0 Å². The van der Waals surface area contributed by atoms with Gasteiger partial charge in [-0.2, -0.15) is 0 Å². The molecule has 1 aliphatic rings. The molecule has 0 fully saturated rings. The fraction of sp³-hybridized carbons (Fsp3) is 0.211. The molecule has 3 rings (SSSR count). The van der Waals surface area contributed by atoms with Crippen LogP contribution in [0, 0.1) is 0 Å². The zero-order valence-corrected chi connectivity index (χ0v) is 15.5. The lowest BCUT2D eigenvalue weighted by atomic mass is 10.1. The van der Waals surface area contributed by atoms with Crippen LogP contribution in [0.25, 0.3) is 6.08 Å². The number of hydrogen-bond donors (Lipinski definition) is 1. The number of rotatable bonds is 6. The Labute approximate surface area is 154 Å². The third kappa shape index (κ3) is 3.30. The molecule has 136 valence electrons. The lowest BCUT2D eigenvalue weighted by Crippen LogP contribution is -2.24. The molecule has 0 saturated carbocycles. The quantitative estimate of drug-likeness (QED) is 0.843. The Morgan fingerprint density at radius 3 is 2.38 bits per heavy atom. The maximum absolute atomic E-state index is 12.7. The van der Waals surface area contributed by atoms with Crippen LogP contribution in [0.15, 0.2) is 40.6 Å². The number of ether oxygens (including phenoxy) is 3. The maximum Gasteiger partial charge on any atom is 0.252 e. The molecular formula is C19H19NO5S. The van der Waals surface area contributed by atoms with Crippen molar-refractivity contribution in [3.05, 3.63) is 52.4 Å². The number of nitrogens with one attached hydrogen (secondary N) is 1. The summed E-state index contributed by atoms with van der Waals surface area (Å²) in [6.07, 6.45) is 1.72. The molecule has 0 saturated heterocycles. The molecule has 26 heavy (non-hydrogen) atoms. The van der Waals surface area contributed by atoms with E-state index in [-0.39, 0.29) is 12.5 Å². The monoisotopic (exact) mass is 373 g/mol. The van der Waals surface area contributed by atoms with E-state index in [0.717, 1.165) is 0 Å². The van der Waals surface area contributed by atoms with E-state index in [1.807, 2.05) is 0 Å².